The standard InChI is InChI=1S/C21H23F3N4O3/c1-11-9-25-15(8-13(11)10-29)16(20(3,4)19(30)31-5)14-6-7-28-17(12(14)2)26-27-18(28)21(22,23)24/h6-9,16,29H,10H2,1-5H3/t16-/m1/s1. The Morgan fingerprint density at radius 1 is 1.26 bits per heavy atom. The number of carbonyl (C=O) groups is 1. The van der Waals surface area contributed by atoms with Gasteiger partial charge in [-0.3, -0.25) is 14.2 Å². The number of alkyl halides is 3. The van der Waals surface area contributed by atoms with E-state index in [0.29, 0.717) is 22.4 Å². The first kappa shape index (κ1) is 22.7. The summed E-state index contributed by atoms with van der Waals surface area (Å²) < 4.78 is 45.6. The van der Waals surface area contributed by atoms with Crippen molar-refractivity contribution in [3.63, 3.8) is 0 Å². The predicted molar refractivity (Wildman–Crippen MR) is 105 cm³/mol. The van der Waals surface area contributed by atoms with Gasteiger partial charge in [0.05, 0.1) is 19.1 Å². The van der Waals surface area contributed by atoms with E-state index in [1.165, 1.54) is 19.4 Å². The number of esters is 1. The highest BCUT2D eigenvalue weighted by Crippen LogP contribution is 2.43. The number of aliphatic hydroxyl groups is 1. The molecule has 0 aliphatic heterocycles. The molecule has 3 heterocycles. The van der Waals surface area contributed by atoms with Crippen LogP contribution in [-0.4, -0.2) is 37.8 Å². The molecule has 10 heteroatoms. The number of pyridine rings is 2. The first-order valence-corrected chi connectivity index (χ1v) is 9.49. The van der Waals surface area contributed by atoms with Crippen LogP contribution in [0.4, 0.5) is 13.2 Å². The fourth-order valence-electron chi connectivity index (χ4n) is 3.81. The second kappa shape index (κ2) is 7.92. The highest BCUT2D eigenvalue weighted by atomic mass is 19.4. The number of carbonyl (C=O) groups excluding carboxylic acids is 1. The summed E-state index contributed by atoms with van der Waals surface area (Å²) in [7, 11) is 1.27. The monoisotopic (exact) mass is 436 g/mol. The Kier molecular flexibility index (Phi) is 5.79. The molecule has 0 amide bonds. The third-order valence-corrected chi connectivity index (χ3v) is 5.57. The van der Waals surface area contributed by atoms with Crippen LogP contribution >= 0.6 is 0 Å². The molecule has 0 spiro atoms. The second-order valence-electron chi connectivity index (χ2n) is 7.95. The Bertz CT molecular complexity index is 1140. The number of ether oxygens (including phenoxy) is 1. The second-order valence-corrected chi connectivity index (χ2v) is 7.95. The molecule has 0 bridgehead atoms. The summed E-state index contributed by atoms with van der Waals surface area (Å²) in [4.78, 5) is 17.1. The van der Waals surface area contributed by atoms with Crippen molar-refractivity contribution < 1.29 is 27.8 Å². The van der Waals surface area contributed by atoms with Crippen LogP contribution in [0.3, 0.4) is 0 Å². The van der Waals surface area contributed by atoms with Crippen molar-refractivity contribution >= 4 is 11.6 Å². The SMILES string of the molecule is COC(=O)C(C)(C)[C@@H](c1cc(CO)c(C)cn1)c1ccn2c(C(F)(F)F)nnc2c1C. The highest BCUT2D eigenvalue weighted by Gasteiger charge is 2.43. The maximum Gasteiger partial charge on any atom is 0.452 e. The minimum Gasteiger partial charge on any atom is -0.469 e. The third kappa shape index (κ3) is 3.87. The molecule has 166 valence electrons. The number of aryl methyl sites for hydroxylation is 2. The van der Waals surface area contributed by atoms with E-state index < -0.39 is 29.3 Å². The van der Waals surface area contributed by atoms with Crippen LogP contribution in [-0.2, 0) is 22.3 Å². The molecule has 0 fully saturated rings. The zero-order chi connectivity index (χ0) is 23.1. The predicted octanol–water partition coefficient (Wildman–Crippen LogP) is 3.58. The number of nitrogens with zero attached hydrogens (tertiary/aromatic N) is 4. The smallest absolute Gasteiger partial charge is 0.452 e. The molecule has 0 aliphatic rings. The summed E-state index contributed by atoms with van der Waals surface area (Å²) >= 11 is 0. The minimum atomic E-state index is -4.66. The van der Waals surface area contributed by atoms with Crippen LogP contribution < -0.4 is 0 Å². The molecular weight excluding hydrogens is 413 g/mol. The molecule has 0 radical (unpaired) electrons. The van der Waals surface area contributed by atoms with Gasteiger partial charge in [0.15, 0.2) is 5.65 Å². The molecule has 0 aliphatic carbocycles. The largest absolute Gasteiger partial charge is 0.469 e. The van der Waals surface area contributed by atoms with E-state index in [9.17, 15) is 23.1 Å². The highest BCUT2D eigenvalue weighted by molar-refractivity contribution is 5.78. The molecule has 0 unspecified atom stereocenters. The van der Waals surface area contributed by atoms with Gasteiger partial charge >= 0.3 is 12.1 Å². The van der Waals surface area contributed by atoms with Gasteiger partial charge in [0, 0.05) is 24.0 Å². The van der Waals surface area contributed by atoms with E-state index >= 15 is 0 Å². The van der Waals surface area contributed by atoms with Crippen LogP contribution in [0, 0.1) is 19.3 Å². The fraction of sp³-hybridized carbons (Fsp3) is 0.429. The van der Waals surface area contributed by atoms with Crippen molar-refractivity contribution in [1.29, 1.82) is 0 Å². The van der Waals surface area contributed by atoms with Crippen LogP contribution in [0.2, 0.25) is 0 Å². The summed E-state index contributed by atoms with van der Waals surface area (Å²) in [5.74, 6) is -2.32. The van der Waals surface area contributed by atoms with Gasteiger partial charge in [-0.2, -0.15) is 13.2 Å². The van der Waals surface area contributed by atoms with Gasteiger partial charge in [-0.05, 0) is 62.1 Å². The Morgan fingerprint density at radius 3 is 2.52 bits per heavy atom. The molecule has 0 aromatic carbocycles. The quantitative estimate of drug-likeness (QED) is 0.615. The van der Waals surface area contributed by atoms with Crippen LogP contribution in [0.1, 0.15) is 53.5 Å². The van der Waals surface area contributed by atoms with Gasteiger partial charge in [0.1, 0.15) is 0 Å². The molecule has 3 aromatic rings. The third-order valence-electron chi connectivity index (χ3n) is 5.57. The van der Waals surface area contributed by atoms with E-state index in [4.69, 9.17) is 4.74 Å². The number of aromatic nitrogens is 4. The number of fused-ring (bicyclic) bond motifs is 1. The van der Waals surface area contributed by atoms with E-state index in [2.05, 4.69) is 15.2 Å². The summed E-state index contributed by atoms with van der Waals surface area (Å²) in [5, 5.41) is 16.7. The average molecular weight is 436 g/mol. The molecule has 3 rings (SSSR count). The number of halogens is 3. The zero-order valence-corrected chi connectivity index (χ0v) is 17.8. The molecule has 1 atom stereocenters. The molecular formula is C21H23F3N4O3. The van der Waals surface area contributed by atoms with Crippen LogP contribution in [0.15, 0.2) is 24.5 Å². The Balaban J connectivity index is 2.29. The van der Waals surface area contributed by atoms with Gasteiger partial charge in [0.25, 0.3) is 0 Å². The summed E-state index contributed by atoms with van der Waals surface area (Å²) in [6.45, 7) is 6.57. The number of rotatable bonds is 5. The normalized spacial score (nSPS) is 13.5. The van der Waals surface area contributed by atoms with Crippen molar-refractivity contribution in [2.45, 2.75) is 46.4 Å². The lowest BCUT2D eigenvalue weighted by Crippen LogP contribution is -2.34. The van der Waals surface area contributed by atoms with Crippen molar-refractivity contribution in [1.82, 2.24) is 19.6 Å². The van der Waals surface area contributed by atoms with E-state index in [0.717, 1.165) is 9.96 Å². The first-order valence-electron chi connectivity index (χ1n) is 9.49. The molecule has 0 saturated carbocycles. The van der Waals surface area contributed by atoms with Gasteiger partial charge in [0.2, 0.25) is 5.82 Å². The van der Waals surface area contributed by atoms with Crippen molar-refractivity contribution in [2.75, 3.05) is 7.11 Å². The Morgan fingerprint density at radius 2 is 1.94 bits per heavy atom. The first-order chi connectivity index (χ1) is 14.4. The van der Waals surface area contributed by atoms with E-state index in [1.807, 2.05) is 0 Å². The van der Waals surface area contributed by atoms with Gasteiger partial charge in [-0.15, -0.1) is 10.2 Å². The topological polar surface area (TPSA) is 89.6 Å². The van der Waals surface area contributed by atoms with Crippen LogP contribution in [0.25, 0.3) is 5.65 Å². The maximum absolute atomic E-state index is 13.3. The Hall–Kier alpha value is -3.01. The van der Waals surface area contributed by atoms with Gasteiger partial charge < -0.3 is 9.84 Å². The van der Waals surface area contributed by atoms with Crippen molar-refractivity contribution in [3.8, 4) is 0 Å². The molecule has 31 heavy (non-hydrogen) atoms. The lowest BCUT2D eigenvalue weighted by molar-refractivity contribution is -0.151. The lowest BCUT2D eigenvalue weighted by Gasteiger charge is -2.33. The zero-order valence-electron chi connectivity index (χ0n) is 17.8. The van der Waals surface area contributed by atoms with Gasteiger partial charge in [-0.1, -0.05) is 0 Å². The molecule has 7 nitrogen and oxygen atoms in total. The van der Waals surface area contributed by atoms with E-state index in [-0.39, 0.29) is 12.3 Å². The van der Waals surface area contributed by atoms with Crippen LogP contribution in [0.5, 0.6) is 0 Å². The number of hydrogen-bond donors (Lipinski definition) is 1. The summed E-state index contributed by atoms with van der Waals surface area (Å²) in [6.07, 6.45) is -1.83. The number of methoxy groups -OCH3 is 1. The van der Waals surface area contributed by atoms with E-state index in [1.54, 1.807) is 40.0 Å². The van der Waals surface area contributed by atoms with Gasteiger partial charge in [-0.25, -0.2) is 0 Å². The number of aliphatic hydroxyl groups excluding tert-OH is 1. The molecule has 1 N–H and O–H groups in total. The number of hydrogen-bond acceptors (Lipinski definition) is 6. The summed E-state index contributed by atoms with van der Waals surface area (Å²) in [5.41, 5.74) is 1.79. The minimum absolute atomic E-state index is 0.0324. The molecule has 0 saturated heterocycles. The van der Waals surface area contributed by atoms with Crippen molar-refractivity contribution in [3.05, 3.63) is 58.3 Å². The maximum atomic E-state index is 13.3. The lowest BCUT2D eigenvalue weighted by atomic mass is 9.71. The Labute approximate surface area is 176 Å². The van der Waals surface area contributed by atoms with Crippen molar-refractivity contribution in [2.24, 2.45) is 5.41 Å². The molecule has 3 aromatic heterocycles. The average Bonchev–Trinajstić information content (AvgIpc) is 3.15. The fourth-order valence-corrected chi connectivity index (χ4v) is 3.81. The summed E-state index contributed by atoms with van der Waals surface area (Å²) in [6, 6.07) is 3.20.